The Morgan fingerprint density at radius 1 is 1.47 bits per heavy atom. The average molecular weight is 272 g/mol. The Balaban J connectivity index is 3.06. The molecule has 0 atom stereocenters. The van der Waals surface area contributed by atoms with Crippen LogP contribution in [0.4, 0.5) is 5.69 Å². The Labute approximate surface area is 97.8 Å². The van der Waals surface area contributed by atoms with E-state index in [0.29, 0.717) is 10.5 Å². The Kier molecular flexibility index (Phi) is 3.74. The largest absolute Gasteiger partial charge is 0.478 e. The average Bonchev–Trinajstić information content (AvgIpc) is 2.15. The van der Waals surface area contributed by atoms with Crippen molar-refractivity contribution >= 4 is 27.6 Å². The van der Waals surface area contributed by atoms with Gasteiger partial charge in [0.25, 0.3) is 0 Å². The molecule has 0 saturated heterocycles. The molecule has 1 N–H and O–H groups in total. The molecule has 0 heterocycles. The summed E-state index contributed by atoms with van der Waals surface area (Å²) in [6.45, 7) is 4.16. The fourth-order valence-electron chi connectivity index (χ4n) is 1.19. The highest BCUT2D eigenvalue weighted by Crippen LogP contribution is 2.24. The van der Waals surface area contributed by atoms with Gasteiger partial charge in [-0.1, -0.05) is 0 Å². The van der Waals surface area contributed by atoms with Crippen molar-refractivity contribution < 1.29 is 9.90 Å². The summed E-state index contributed by atoms with van der Waals surface area (Å²) in [6, 6.07) is 5.63. The van der Waals surface area contributed by atoms with Gasteiger partial charge in [-0.25, -0.2) is 4.79 Å². The molecule has 82 valence electrons. The van der Waals surface area contributed by atoms with Crippen molar-refractivity contribution in [2.75, 3.05) is 11.9 Å². The number of carboxylic acids is 1. The Hall–Kier alpha value is -1.03. The minimum absolute atomic E-state index is 0.288. The maximum absolute atomic E-state index is 10.8. The highest BCUT2D eigenvalue weighted by atomic mass is 79.9. The number of benzene rings is 1. The van der Waals surface area contributed by atoms with Gasteiger partial charge in [0.2, 0.25) is 0 Å². The van der Waals surface area contributed by atoms with Crippen molar-refractivity contribution in [1.29, 1.82) is 0 Å². The molecular weight excluding hydrogens is 258 g/mol. The number of halogens is 1. The molecule has 0 bridgehead atoms. The second-order valence-corrected chi connectivity index (χ2v) is 4.53. The van der Waals surface area contributed by atoms with Gasteiger partial charge in [0, 0.05) is 23.2 Å². The van der Waals surface area contributed by atoms with Crippen molar-refractivity contribution in [3.05, 3.63) is 28.2 Å². The molecule has 0 aliphatic rings. The van der Waals surface area contributed by atoms with Crippen LogP contribution in [0.15, 0.2) is 22.7 Å². The van der Waals surface area contributed by atoms with E-state index in [0.717, 1.165) is 5.69 Å². The molecule has 4 heteroatoms. The van der Waals surface area contributed by atoms with E-state index in [2.05, 4.69) is 34.7 Å². The number of aromatic carboxylic acids is 1. The summed E-state index contributed by atoms with van der Waals surface area (Å²) >= 11 is 3.26. The first-order valence-corrected chi connectivity index (χ1v) is 5.48. The van der Waals surface area contributed by atoms with Gasteiger partial charge in [0.1, 0.15) is 0 Å². The summed E-state index contributed by atoms with van der Waals surface area (Å²) in [6.07, 6.45) is 0. The fraction of sp³-hybridized carbons (Fsp3) is 0.364. The molecule has 1 aromatic rings. The van der Waals surface area contributed by atoms with Crippen LogP contribution in [0.5, 0.6) is 0 Å². The predicted octanol–water partition coefficient (Wildman–Crippen LogP) is 2.99. The summed E-state index contributed by atoms with van der Waals surface area (Å²) in [7, 11) is 1.98. The second kappa shape index (κ2) is 4.66. The minimum Gasteiger partial charge on any atom is -0.478 e. The number of nitrogens with zero attached hydrogens (tertiary/aromatic N) is 1. The Morgan fingerprint density at radius 2 is 2.07 bits per heavy atom. The van der Waals surface area contributed by atoms with Crippen LogP contribution in [-0.2, 0) is 0 Å². The summed E-state index contributed by atoms with van der Waals surface area (Å²) in [5.41, 5.74) is 1.29. The van der Waals surface area contributed by atoms with Crippen molar-refractivity contribution in [3.63, 3.8) is 0 Å². The lowest BCUT2D eigenvalue weighted by atomic mass is 10.2. The lowest BCUT2D eigenvalue weighted by Gasteiger charge is -2.24. The van der Waals surface area contributed by atoms with Gasteiger partial charge in [0.15, 0.2) is 0 Å². The Morgan fingerprint density at radius 3 is 2.47 bits per heavy atom. The van der Waals surface area contributed by atoms with E-state index in [1.807, 2.05) is 19.2 Å². The van der Waals surface area contributed by atoms with E-state index in [9.17, 15) is 4.79 Å². The Bertz CT molecular complexity index is 377. The topological polar surface area (TPSA) is 40.5 Å². The maximum atomic E-state index is 10.8. The van der Waals surface area contributed by atoms with Crippen LogP contribution in [0.25, 0.3) is 0 Å². The number of carboxylic acid groups (broad SMARTS) is 1. The SMILES string of the molecule is CC(C)N(C)c1ccc(C(=O)O)c(Br)c1. The zero-order chi connectivity index (χ0) is 11.6. The molecule has 0 fully saturated rings. The molecular formula is C11H14BrNO2. The van der Waals surface area contributed by atoms with E-state index < -0.39 is 5.97 Å². The molecule has 0 aromatic heterocycles. The molecule has 0 aliphatic carbocycles. The molecule has 0 radical (unpaired) electrons. The number of anilines is 1. The third kappa shape index (κ3) is 2.72. The van der Waals surface area contributed by atoms with Crippen LogP contribution < -0.4 is 4.90 Å². The highest BCUT2D eigenvalue weighted by molar-refractivity contribution is 9.10. The second-order valence-electron chi connectivity index (χ2n) is 3.67. The van der Waals surface area contributed by atoms with E-state index in [-0.39, 0.29) is 5.56 Å². The summed E-state index contributed by atoms with van der Waals surface area (Å²) < 4.78 is 0.611. The zero-order valence-corrected chi connectivity index (χ0v) is 10.6. The molecule has 0 spiro atoms. The molecule has 0 unspecified atom stereocenters. The first-order chi connectivity index (χ1) is 6.93. The number of rotatable bonds is 3. The summed E-state index contributed by atoms with van der Waals surface area (Å²) in [5.74, 6) is -0.916. The van der Waals surface area contributed by atoms with Gasteiger partial charge in [-0.3, -0.25) is 0 Å². The highest BCUT2D eigenvalue weighted by Gasteiger charge is 2.11. The van der Waals surface area contributed by atoms with Gasteiger partial charge in [-0.2, -0.15) is 0 Å². The molecule has 0 aliphatic heterocycles. The molecule has 3 nitrogen and oxygen atoms in total. The standard InChI is InChI=1S/C11H14BrNO2/c1-7(2)13(3)8-4-5-9(11(14)15)10(12)6-8/h4-7H,1-3H3,(H,14,15). The lowest BCUT2D eigenvalue weighted by molar-refractivity contribution is 0.0696. The smallest absolute Gasteiger partial charge is 0.336 e. The van der Waals surface area contributed by atoms with Crippen LogP contribution in [0.1, 0.15) is 24.2 Å². The van der Waals surface area contributed by atoms with Crippen LogP contribution >= 0.6 is 15.9 Å². The van der Waals surface area contributed by atoms with E-state index in [1.165, 1.54) is 0 Å². The third-order valence-corrected chi connectivity index (χ3v) is 3.02. The van der Waals surface area contributed by atoms with Crippen LogP contribution in [0.3, 0.4) is 0 Å². The van der Waals surface area contributed by atoms with Gasteiger partial charge < -0.3 is 10.0 Å². The molecule has 15 heavy (non-hydrogen) atoms. The minimum atomic E-state index is -0.916. The van der Waals surface area contributed by atoms with Crippen LogP contribution in [0, 0.1) is 0 Å². The van der Waals surface area contributed by atoms with E-state index in [4.69, 9.17) is 5.11 Å². The zero-order valence-electron chi connectivity index (χ0n) is 8.99. The van der Waals surface area contributed by atoms with Crippen molar-refractivity contribution in [3.8, 4) is 0 Å². The number of hydrogen-bond acceptors (Lipinski definition) is 2. The van der Waals surface area contributed by atoms with Crippen molar-refractivity contribution in [1.82, 2.24) is 0 Å². The first-order valence-electron chi connectivity index (χ1n) is 4.69. The predicted molar refractivity (Wildman–Crippen MR) is 64.6 cm³/mol. The van der Waals surface area contributed by atoms with Gasteiger partial charge in [-0.15, -0.1) is 0 Å². The van der Waals surface area contributed by atoms with Crippen molar-refractivity contribution in [2.45, 2.75) is 19.9 Å². The quantitative estimate of drug-likeness (QED) is 0.919. The van der Waals surface area contributed by atoms with Gasteiger partial charge >= 0.3 is 5.97 Å². The number of carbonyl (C=O) groups is 1. The monoisotopic (exact) mass is 271 g/mol. The maximum Gasteiger partial charge on any atom is 0.336 e. The summed E-state index contributed by atoms with van der Waals surface area (Å²) in [4.78, 5) is 12.9. The van der Waals surface area contributed by atoms with Crippen molar-refractivity contribution in [2.24, 2.45) is 0 Å². The molecule has 1 rings (SSSR count). The van der Waals surface area contributed by atoms with Gasteiger partial charge in [0.05, 0.1) is 5.56 Å². The fourth-order valence-corrected chi connectivity index (χ4v) is 1.73. The lowest BCUT2D eigenvalue weighted by Crippen LogP contribution is -2.25. The first kappa shape index (κ1) is 12.0. The molecule has 1 aromatic carbocycles. The third-order valence-electron chi connectivity index (χ3n) is 2.36. The van der Waals surface area contributed by atoms with Crippen LogP contribution in [0.2, 0.25) is 0 Å². The molecule has 0 saturated carbocycles. The van der Waals surface area contributed by atoms with Crippen LogP contribution in [-0.4, -0.2) is 24.2 Å². The van der Waals surface area contributed by atoms with E-state index >= 15 is 0 Å². The normalized spacial score (nSPS) is 10.5. The van der Waals surface area contributed by atoms with E-state index in [1.54, 1.807) is 6.07 Å². The molecule has 0 amide bonds. The summed E-state index contributed by atoms with van der Waals surface area (Å²) in [5, 5.41) is 8.86. The number of hydrogen-bond donors (Lipinski definition) is 1. The van der Waals surface area contributed by atoms with Gasteiger partial charge in [-0.05, 0) is 48.0 Å².